The van der Waals surface area contributed by atoms with Crippen molar-refractivity contribution in [2.75, 3.05) is 0 Å². The van der Waals surface area contributed by atoms with Gasteiger partial charge in [0.15, 0.2) is 6.10 Å². The molecular formula is C7H8F2N2O5S. The highest BCUT2D eigenvalue weighted by Gasteiger charge is 2.52. The lowest BCUT2D eigenvalue weighted by atomic mass is 10.4. The zero-order valence-corrected chi connectivity index (χ0v) is 9.24. The number of nitrogens with one attached hydrogen (secondary N) is 1. The second-order valence-electron chi connectivity index (χ2n) is 3.05. The van der Waals surface area contributed by atoms with Crippen LogP contribution in [0.15, 0.2) is 12.3 Å². The molecule has 0 bridgehead atoms. The molecule has 2 N–H and O–H groups in total. The molecule has 1 atom stereocenters. The SMILES string of the molecule is CC(OC(=O)c1ccn[nH]1)C(F)(F)S(=O)(=O)O. The summed E-state index contributed by atoms with van der Waals surface area (Å²) >= 11 is 0. The van der Waals surface area contributed by atoms with Crippen molar-refractivity contribution in [2.24, 2.45) is 0 Å². The van der Waals surface area contributed by atoms with Crippen LogP contribution in [0.25, 0.3) is 0 Å². The zero-order chi connectivity index (χ0) is 13.3. The van der Waals surface area contributed by atoms with Gasteiger partial charge < -0.3 is 4.74 Å². The summed E-state index contributed by atoms with van der Waals surface area (Å²) in [6.45, 7) is 0.641. The van der Waals surface area contributed by atoms with Gasteiger partial charge in [-0.3, -0.25) is 9.65 Å². The molecule has 10 heteroatoms. The zero-order valence-electron chi connectivity index (χ0n) is 8.42. The number of aromatic amines is 1. The van der Waals surface area contributed by atoms with Crippen LogP contribution in [0.2, 0.25) is 0 Å². The molecule has 0 aliphatic carbocycles. The van der Waals surface area contributed by atoms with Gasteiger partial charge in [0.05, 0.1) is 0 Å². The Morgan fingerprint density at radius 1 is 1.65 bits per heavy atom. The second kappa shape index (κ2) is 4.37. The molecule has 0 fully saturated rings. The first kappa shape index (κ1) is 13.5. The van der Waals surface area contributed by atoms with Crippen LogP contribution in [0.1, 0.15) is 17.4 Å². The van der Waals surface area contributed by atoms with E-state index in [2.05, 4.69) is 14.9 Å². The molecule has 0 saturated carbocycles. The lowest BCUT2D eigenvalue weighted by Gasteiger charge is -2.20. The molecule has 0 aliphatic heterocycles. The molecule has 0 aliphatic rings. The standard InChI is InChI=1S/C7H8F2N2O5S/c1-4(7(8,9)17(13,14)15)16-6(12)5-2-3-10-11-5/h2-4H,1H3,(H,10,11)(H,13,14,15). The molecule has 1 aromatic rings. The maximum Gasteiger partial charge on any atom is 0.405 e. The van der Waals surface area contributed by atoms with Crippen LogP contribution < -0.4 is 0 Å². The van der Waals surface area contributed by atoms with Gasteiger partial charge in [-0.15, -0.1) is 0 Å². The first-order valence-electron chi connectivity index (χ1n) is 4.21. The molecule has 0 spiro atoms. The topological polar surface area (TPSA) is 109 Å². The van der Waals surface area contributed by atoms with E-state index in [0.717, 1.165) is 6.07 Å². The van der Waals surface area contributed by atoms with Gasteiger partial charge >= 0.3 is 21.3 Å². The molecule has 1 aromatic heterocycles. The van der Waals surface area contributed by atoms with Crippen LogP contribution in [0, 0.1) is 0 Å². The Kier molecular flexibility index (Phi) is 3.48. The summed E-state index contributed by atoms with van der Waals surface area (Å²) in [6.07, 6.45) is -1.16. The van der Waals surface area contributed by atoms with Gasteiger partial charge in [0, 0.05) is 6.20 Å². The third kappa shape index (κ3) is 2.77. The molecular weight excluding hydrogens is 262 g/mol. The highest BCUT2D eigenvalue weighted by molar-refractivity contribution is 7.86. The van der Waals surface area contributed by atoms with Crippen LogP contribution in [0.3, 0.4) is 0 Å². The number of alkyl halides is 2. The summed E-state index contributed by atoms with van der Waals surface area (Å²) in [5.74, 6) is -1.21. The molecule has 0 saturated heterocycles. The third-order valence-corrected chi connectivity index (χ3v) is 2.84. The van der Waals surface area contributed by atoms with Gasteiger partial charge in [-0.1, -0.05) is 0 Å². The van der Waals surface area contributed by atoms with E-state index in [1.54, 1.807) is 0 Å². The average molecular weight is 270 g/mol. The minimum absolute atomic E-state index is 0.219. The molecule has 96 valence electrons. The summed E-state index contributed by atoms with van der Waals surface area (Å²) in [4.78, 5) is 11.2. The van der Waals surface area contributed by atoms with Gasteiger partial charge in [-0.2, -0.15) is 22.3 Å². The van der Waals surface area contributed by atoms with Crippen molar-refractivity contribution >= 4 is 16.1 Å². The minimum Gasteiger partial charge on any atom is -0.450 e. The van der Waals surface area contributed by atoms with Gasteiger partial charge in [0.2, 0.25) is 0 Å². The molecule has 0 radical (unpaired) electrons. The summed E-state index contributed by atoms with van der Waals surface area (Å²) < 4.78 is 59.1. The summed E-state index contributed by atoms with van der Waals surface area (Å²) in [5.41, 5.74) is -0.219. The number of H-pyrrole nitrogens is 1. The van der Waals surface area contributed by atoms with Crippen LogP contribution in [0.5, 0.6) is 0 Å². The summed E-state index contributed by atoms with van der Waals surface area (Å²) in [7, 11) is -5.65. The molecule has 1 rings (SSSR count). The molecule has 0 amide bonds. The van der Waals surface area contributed by atoms with Crippen LogP contribution in [0.4, 0.5) is 8.78 Å². The number of hydrogen-bond donors (Lipinski definition) is 2. The fraction of sp³-hybridized carbons (Fsp3) is 0.429. The second-order valence-corrected chi connectivity index (χ2v) is 4.55. The minimum atomic E-state index is -5.65. The van der Waals surface area contributed by atoms with Crippen LogP contribution >= 0.6 is 0 Å². The van der Waals surface area contributed by atoms with E-state index in [-0.39, 0.29) is 5.69 Å². The number of nitrogens with zero attached hydrogens (tertiary/aromatic N) is 1. The normalized spacial score (nSPS) is 14.4. The van der Waals surface area contributed by atoms with Crippen molar-refractivity contribution in [1.29, 1.82) is 0 Å². The van der Waals surface area contributed by atoms with Crippen molar-refractivity contribution in [3.05, 3.63) is 18.0 Å². The predicted octanol–water partition coefficient (Wildman–Crippen LogP) is 0.436. The predicted molar refractivity (Wildman–Crippen MR) is 50.0 cm³/mol. The first-order valence-corrected chi connectivity index (χ1v) is 5.65. The van der Waals surface area contributed by atoms with Crippen LogP contribution in [-0.2, 0) is 14.9 Å². The largest absolute Gasteiger partial charge is 0.450 e. The molecule has 17 heavy (non-hydrogen) atoms. The first-order chi connectivity index (χ1) is 7.66. The monoisotopic (exact) mass is 270 g/mol. The summed E-state index contributed by atoms with van der Waals surface area (Å²) in [5, 5.41) is 0.951. The Morgan fingerprint density at radius 3 is 2.65 bits per heavy atom. The molecule has 1 heterocycles. The number of carbonyl (C=O) groups is 1. The van der Waals surface area contributed by atoms with E-state index in [1.165, 1.54) is 6.20 Å². The highest BCUT2D eigenvalue weighted by atomic mass is 32.2. The maximum absolute atomic E-state index is 13.0. The Morgan fingerprint density at radius 2 is 2.24 bits per heavy atom. The van der Waals surface area contributed by atoms with E-state index < -0.39 is 27.4 Å². The van der Waals surface area contributed by atoms with Crippen molar-refractivity contribution in [1.82, 2.24) is 10.2 Å². The van der Waals surface area contributed by atoms with E-state index in [0.29, 0.717) is 6.92 Å². The quantitative estimate of drug-likeness (QED) is 0.606. The van der Waals surface area contributed by atoms with Crippen molar-refractivity contribution in [3.63, 3.8) is 0 Å². The Labute approximate surface area is 94.5 Å². The Balaban J connectivity index is 2.80. The van der Waals surface area contributed by atoms with Crippen LogP contribution in [-0.4, -0.2) is 40.5 Å². The van der Waals surface area contributed by atoms with E-state index in [4.69, 9.17) is 4.55 Å². The number of carbonyl (C=O) groups excluding carboxylic acids is 1. The van der Waals surface area contributed by atoms with Gasteiger partial charge in [0.1, 0.15) is 5.69 Å². The number of esters is 1. The van der Waals surface area contributed by atoms with Crippen molar-refractivity contribution in [2.45, 2.75) is 18.3 Å². The number of rotatable bonds is 4. The fourth-order valence-electron chi connectivity index (χ4n) is 0.872. The van der Waals surface area contributed by atoms with E-state index >= 15 is 0 Å². The third-order valence-electron chi connectivity index (χ3n) is 1.82. The fourth-order valence-corrected chi connectivity index (χ4v) is 1.34. The summed E-state index contributed by atoms with van der Waals surface area (Å²) in [6, 6.07) is 1.15. The molecule has 0 aromatic carbocycles. The van der Waals surface area contributed by atoms with Gasteiger partial charge in [-0.25, -0.2) is 4.79 Å². The maximum atomic E-state index is 13.0. The number of hydrogen-bond acceptors (Lipinski definition) is 5. The molecule has 7 nitrogen and oxygen atoms in total. The molecule has 1 unspecified atom stereocenters. The number of ether oxygens (including phenoxy) is 1. The number of halogens is 2. The number of aromatic nitrogens is 2. The van der Waals surface area contributed by atoms with Gasteiger partial charge in [-0.05, 0) is 13.0 Å². The van der Waals surface area contributed by atoms with E-state index in [9.17, 15) is 22.0 Å². The van der Waals surface area contributed by atoms with E-state index in [1.807, 2.05) is 0 Å². The Bertz CT molecular complexity index is 498. The lowest BCUT2D eigenvalue weighted by Crippen LogP contribution is -2.42. The van der Waals surface area contributed by atoms with Gasteiger partial charge in [0.25, 0.3) is 0 Å². The smallest absolute Gasteiger partial charge is 0.405 e. The average Bonchev–Trinajstić information content (AvgIpc) is 2.68. The van der Waals surface area contributed by atoms with Crippen molar-refractivity contribution < 1.29 is 31.3 Å². The lowest BCUT2D eigenvalue weighted by molar-refractivity contribution is -0.0552. The van der Waals surface area contributed by atoms with Crippen molar-refractivity contribution in [3.8, 4) is 0 Å². The Hall–Kier alpha value is -1.55. The highest BCUT2D eigenvalue weighted by Crippen LogP contribution is 2.27.